The van der Waals surface area contributed by atoms with Crippen LogP contribution in [-0.4, -0.2) is 33.2 Å². The Morgan fingerprint density at radius 1 is 1.07 bits per heavy atom. The van der Waals surface area contributed by atoms with Crippen molar-refractivity contribution < 1.29 is 29.4 Å². The van der Waals surface area contributed by atoms with E-state index in [1.54, 1.807) is 12.1 Å². The second kappa shape index (κ2) is 7.34. The summed E-state index contributed by atoms with van der Waals surface area (Å²) in [6.07, 6.45) is 1.53. The van der Waals surface area contributed by atoms with E-state index < -0.39 is 28.8 Å². The third-order valence-corrected chi connectivity index (χ3v) is 4.41. The Bertz CT molecular complexity index is 997. The predicted molar refractivity (Wildman–Crippen MR) is 98.6 cm³/mol. The normalized spacial score (nSPS) is 14.9. The van der Waals surface area contributed by atoms with Crippen LogP contribution in [-0.2, 0) is 4.79 Å². The fraction of sp³-hybridized carbons (Fsp3) is 0. The predicted octanol–water partition coefficient (Wildman–Crippen LogP) is 2.67. The summed E-state index contributed by atoms with van der Waals surface area (Å²) in [4.78, 5) is 46.2. The van der Waals surface area contributed by atoms with Gasteiger partial charge in [0.2, 0.25) is 0 Å². The molecule has 3 rings (SSSR count). The van der Waals surface area contributed by atoms with E-state index in [0.717, 1.165) is 17.8 Å². The zero-order valence-corrected chi connectivity index (χ0v) is 14.4. The number of carbonyl (C=O) groups is 4. The number of phenols is 1. The largest absolute Gasteiger partial charge is 0.507 e. The summed E-state index contributed by atoms with van der Waals surface area (Å²) >= 11 is 0.799. The van der Waals surface area contributed by atoms with Crippen molar-refractivity contribution in [3.63, 3.8) is 0 Å². The second-order valence-electron chi connectivity index (χ2n) is 5.47. The van der Waals surface area contributed by atoms with Gasteiger partial charge in [-0.2, -0.15) is 0 Å². The molecule has 0 atom stereocenters. The molecule has 1 fully saturated rings. The first-order chi connectivity index (χ1) is 12.8. The van der Waals surface area contributed by atoms with E-state index in [9.17, 15) is 24.3 Å². The maximum Gasteiger partial charge on any atom is 0.339 e. The summed E-state index contributed by atoms with van der Waals surface area (Å²) in [6, 6.07) is 9.99. The van der Waals surface area contributed by atoms with Gasteiger partial charge in [-0.3, -0.25) is 19.7 Å². The first-order valence-corrected chi connectivity index (χ1v) is 8.38. The summed E-state index contributed by atoms with van der Waals surface area (Å²) in [6.45, 7) is 0. The number of carboxylic acids is 1. The van der Waals surface area contributed by atoms with Crippen molar-refractivity contribution >= 4 is 46.5 Å². The fourth-order valence-electron chi connectivity index (χ4n) is 2.29. The zero-order valence-electron chi connectivity index (χ0n) is 13.6. The van der Waals surface area contributed by atoms with Gasteiger partial charge in [0.15, 0.2) is 0 Å². The van der Waals surface area contributed by atoms with Crippen LogP contribution in [0.4, 0.5) is 10.5 Å². The van der Waals surface area contributed by atoms with Gasteiger partial charge in [-0.05, 0) is 53.7 Å². The SMILES string of the molecule is O=C1NC(=O)C(=Cc2ccc(C(=O)Nc3ccc(O)c(C(=O)O)c3)cc2)S1. The molecule has 0 spiro atoms. The molecule has 1 heterocycles. The summed E-state index contributed by atoms with van der Waals surface area (Å²) in [5, 5.41) is 22.7. The van der Waals surface area contributed by atoms with Gasteiger partial charge in [0.05, 0.1) is 4.91 Å². The van der Waals surface area contributed by atoms with E-state index in [2.05, 4.69) is 10.6 Å². The molecule has 136 valence electrons. The lowest BCUT2D eigenvalue weighted by atomic mass is 10.1. The molecule has 27 heavy (non-hydrogen) atoms. The average Bonchev–Trinajstić information content (AvgIpc) is 2.94. The minimum atomic E-state index is -1.31. The Balaban J connectivity index is 1.74. The van der Waals surface area contributed by atoms with Crippen LogP contribution in [0.15, 0.2) is 47.4 Å². The van der Waals surface area contributed by atoms with Gasteiger partial charge < -0.3 is 15.5 Å². The van der Waals surface area contributed by atoms with Crippen LogP contribution in [0.3, 0.4) is 0 Å². The molecule has 0 aromatic heterocycles. The Labute approximate surface area is 156 Å². The van der Waals surface area contributed by atoms with Crippen LogP contribution in [0, 0.1) is 0 Å². The van der Waals surface area contributed by atoms with Gasteiger partial charge in [0.25, 0.3) is 17.1 Å². The van der Waals surface area contributed by atoms with E-state index in [-0.39, 0.29) is 16.2 Å². The lowest BCUT2D eigenvalue weighted by Gasteiger charge is -2.07. The molecule has 0 aliphatic carbocycles. The smallest absolute Gasteiger partial charge is 0.339 e. The molecule has 9 heteroatoms. The van der Waals surface area contributed by atoms with E-state index in [4.69, 9.17) is 5.11 Å². The Kier molecular flexibility index (Phi) is 4.95. The Hall–Kier alpha value is -3.59. The monoisotopic (exact) mass is 384 g/mol. The molecule has 1 aliphatic rings. The number of benzene rings is 2. The van der Waals surface area contributed by atoms with E-state index >= 15 is 0 Å². The third-order valence-electron chi connectivity index (χ3n) is 3.60. The number of aromatic hydroxyl groups is 1. The van der Waals surface area contributed by atoms with Crippen LogP contribution >= 0.6 is 11.8 Å². The molecule has 0 saturated carbocycles. The van der Waals surface area contributed by atoms with E-state index in [1.807, 2.05) is 0 Å². The van der Waals surface area contributed by atoms with Crippen molar-refractivity contribution in [2.24, 2.45) is 0 Å². The highest BCUT2D eigenvalue weighted by atomic mass is 32.2. The Morgan fingerprint density at radius 3 is 2.37 bits per heavy atom. The molecule has 0 bridgehead atoms. The van der Waals surface area contributed by atoms with Crippen LogP contribution < -0.4 is 10.6 Å². The number of amides is 3. The zero-order chi connectivity index (χ0) is 19.6. The first kappa shape index (κ1) is 18.2. The number of hydrogen-bond acceptors (Lipinski definition) is 6. The number of hydrogen-bond donors (Lipinski definition) is 4. The number of carboxylic acid groups (broad SMARTS) is 1. The van der Waals surface area contributed by atoms with Crippen molar-refractivity contribution in [2.75, 3.05) is 5.32 Å². The highest BCUT2D eigenvalue weighted by Gasteiger charge is 2.24. The average molecular weight is 384 g/mol. The maximum absolute atomic E-state index is 12.3. The number of imide groups is 1. The van der Waals surface area contributed by atoms with Gasteiger partial charge >= 0.3 is 5.97 Å². The van der Waals surface area contributed by atoms with Crippen LogP contribution in [0.25, 0.3) is 6.08 Å². The Morgan fingerprint density at radius 2 is 1.78 bits per heavy atom. The molecular formula is C18H12N2O6S. The molecule has 1 aliphatic heterocycles. The molecule has 0 radical (unpaired) electrons. The van der Waals surface area contributed by atoms with Crippen LogP contribution in [0.1, 0.15) is 26.3 Å². The highest BCUT2D eigenvalue weighted by Crippen LogP contribution is 2.26. The van der Waals surface area contributed by atoms with E-state index in [1.165, 1.54) is 30.3 Å². The number of anilines is 1. The van der Waals surface area contributed by atoms with Gasteiger partial charge in [-0.15, -0.1) is 0 Å². The second-order valence-corrected chi connectivity index (χ2v) is 6.48. The lowest BCUT2D eigenvalue weighted by Crippen LogP contribution is -2.17. The van der Waals surface area contributed by atoms with Gasteiger partial charge in [-0.25, -0.2) is 4.79 Å². The molecule has 3 amide bonds. The number of nitrogens with one attached hydrogen (secondary N) is 2. The number of thioether (sulfide) groups is 1. The maximum atomic E-state index is 12.3. The van der Waals surface area contributed by atoms with Gasteiger partial charge in [0.1, 0.15) is 11.3 Å². The lowest BCUT2D eigenvalue weighted by molar-refractivity contribution is -0.115. The highest BCUT2D eigenvalue weighted by molar-refractivity contribution is 8.18. The third kappa shape index (κ3) is 4.15. The number of carbonyl (C=O) groups excluding carboxylic acids is 3. The number of aromatic carboxylic acids is 1. The standard InChI is InChI=1S/C18H12N2O6S/c21-13-6-5-11(8-12(13)17(24)25)19-15(22)10-3-1-9(2-4-10)7-14-16(23)20-18(26)27-14/h1-8,21H,(H,19,22)(H,24,25)(H,20,23,26). The summed E-state index contributed by atoms with van der Waals surface area (Å²) in [5.74, 6) is -2.65. The molecule has 8 nitrogen and oxygen atoms in total. The first-order valence-electron chi connectivity index (χ1n) is 7.56. The minimum absolute atomic E-state index is 0.221. The van der Waals surface area contributed by atoms with Crippen molar-refractivity contribution in [2.45, 2.75) is 0 Å². The quantitative estimate of drug-likeness (QED) is 0.470. The number of rotatable bonds is 4. The summed E-state index contributed by atoms with van der Waals surface area (Å²) < 4.78 is 0. The van der Waals surface area contributed by atoms with Gasteiger partial charge in [-0.1, -0.05) is 12.1 Å². The van der Waals surface area contributed by atoms with Crippen molar-refractivity contribution in [1.82, 2.24) is 5.32 Å². The molecular weight excluding hydrogens is 372 g/mol. The molecule has 2 aromatic carbocycles. The molecule has 1 saturated heterocycles. The minimum Gasteiger partial charge on any atom is -0.507 e. The molecule has 4 N–H and O–H groups in total. The van der Waals surface area contributed by atoms with Gasteiger partial charge in [0, 0.05) is 11.3 Å². The fourth-order valence-corrected chi connectivity index (χ4v) is 2.97. The molecule has 2 aromatic rings. The summed E-state index contributed by atoms with van der Waals surface area (Å²) in [7, 11) is 0. The molecule has 0 unspecified atom stereocenters. The van der Waals surface area contributed by atoms with E-state index in [0.29, 0.717) is 11.1 Å². The van der Waals surface area contributed by atoms with Crippen molar-refractivity contribution in [1.29, 1.82) is 0 Å². The van der Waals surface area contributed by atoms with Crippen molar-refractivity contribution in [3.05, 3.63) is 64.1 Å². The summed E-state index contributed by atoms with van der Waals surface area (Å²) in [5.41, 5.74) is 0.842. The van der Waals surface area contributed by atoms with Crippen LogP contribution in [0.2, 0.25) is 0 Å². The van der Waals surface area contributed by atoms with Crippen molar-refractivity contribution in [3.8, 4) is 5.75 Å². The topological polar surface area (TPSA) is 133 Å². The van der Waals surface area contributed by atoms with Crippen LogP contribution in [0.5, 0.6) is 5.75 Å².